The zero-order valence-corrected chi connectivity index (χ0v) is 10.5. The maximum absolute atomic E-state index is 5.97. The first kappa shape index (κ1) is 12.6. The number of benzene rings is 1. The van der Waals surface area contributed by atoms with Crippen LogP contribution in [0, 0.1) is 12.8 Å². The Bertz CT molecular complexity index is 331. The number of allylic oxidation sites excluding steroid dienone is 1. The minimum absolute atomic E-state index is 0.477. The first-order valence-corrected chi connectivity index (χ1v) is 6.00. The Morgan fingerprint density at radius 1 is 1.47 bits per heavy atom. The first-order valence-electron chi connectivity index (χ1n) is 5.09. The monoisotopic (exact) mass is 242 g/mol. The van der Waals surface area contributed by atoms with Crippen molar-refractivity contribution >= 4 is 23.2 Å². The predicted molar refractivity (Wildman–Crippen MR) is 68.9 cm³/mol. The summed E-state index contributed by atoms with van der Waals surface area (Å²) in [5, 5.41) is 0.824. The second-order valence-corrected chi connectivity index (χ2v) is 4.55. The summed E-state index contributed by atoms with van der Waals surface area (Å²) in [5.41, 5.74) is 2.42. The van der Waals surface area contributed by atoms with E-state index in [0.29, 0.717) is 11.8 Å². The SMILES string of the molecule is C=CCC(CCl)Cc1ccc(Cl)c(C)c1. The van der Waals surface area contributed by atoms with Crippen molar-refractivity contribution in [2.24, 2.45) is 5.92 Å². The van der Waals surface area contributed by atoms with Crippen LogP contribution < -0.4 is 0 Å². The van der Waals surface area contributed by atoms with Gasteiger partial charge in [0, 0.05) is 10.9 Å². The Hall–Kier alpha value is -0.460. The van der Waals surface area contributed by atoms with Crippen molar-refractivity contribution < 1.29 is 0 Å². The summed E-state index contributed by atoms with van der Waals surface area (Å²) in [7, 11) is 0. The van der Waals surface area contributed by atoms with Gasteiger partial charge in [0.1, 0.15) is 0 Å². The van der Waals surface area contributed by atoms with Crippen molar-refractivity contribution in [3.8, 4) is 0 Å². The molecule has 0 aliphatic rings. The second-order valence-electron chi connectivity index (χ2n) is 3.83. The molecular weight excluding hydrogens is 227 g/mol. The van der Waals surface area contributed by atoms with Crippen molar-refractivity contribution in [2.45, 2.75) is 19.8 Å². The first-order chi connectivity index (χ1) is 7.17. The maximum atomic E-state index is 5.97. The van der Waals surface area contributed by atoms with Gasteiger partial charge in [0.2, 0.25) is 0 Å². The number of aryl methyl sites for hydroxylation is 1. The van der Waals surface area contributed by atoms with E-state index in [1.165, 1.54) is 5.56 Å². The average Bonchev–Trinajstić information content (AvgIpc) is 2.23. The topological polar surface area (TPSA) is 0 Å². The third-order valence-electron chi connectivity index (χ3n) is 2.46. The minimum Gasteiger partial charge on any atom is -0.126 e. The average molecular weight is 243 g/mol. The zero-order chi connectivity index (χ0) is 11.3. The number of hydrogen-bond acceptors (Lipinski definition) is 0. The largest absolute Gasteiger partial charge is 0.126 e. The highest BCUT2D eigenvalue weighted by Crippen LogP contribution is 2.20. The van der Waals surface area contributed by atoms with Crippen LogP contribution in [0.15, 0.2) is 30.9 Å². The van der Waals surface area contributed by atoms with Gasteiger partial charge in [0.25, 0.3) is 0 Å². The molecule has 1 aromatic carbocycles. The molecule has 1 rings (SSSR count). The van der Waals surface area contributed by atoms with Crippen molar-refractivity contribution in [3.63, 3.8) is 0 Å². The molecule has 0 fully saturated rings. The lowest BCUT2D eigenvalue weighted by atomic mass is 9.97. The van der Waals surface area contributed by atoms with E-state index in [4.69, 9.17) is 23.2 Å². The van der Waals surface area contributed by atoms with Gasteiger partial charge in [-0.05, 0) is 42.9 Å². The normalized spacial score (nSPS) is 12.5. The van der Waals surface area contributed by atoms with Crippen molar-refractivity contribution in [3.05, 3.63) is 47.0 Å². The van der Waals surface area contributed by atoms with Gasteiger partial charge in [-0.1, -0.05) is 29.8 Å². The van der Waals surface area contributed by atoms with Crippen LogP contribution in [0.5, 0.6) is 0 Å². The highest BCUT2D eigenvalue weighted by Gasteiger charge is 2.07. The third kappa shape index (κ3) is 3.89. The van der Waals surface area contributed by atoms with Crippen molar-refractivity contribution in [2.75, 3.05) is 5.88 Å². The lowest BCUT2D eigenvalue weighted by Gasteiger charge is -2.12. The van der Waals surface area contributed by atoms with Gasteiger partial charge >= 0.3 is 0 Å². The third-order valence-corrected chi connectivity index (χ3v) is 3.33. The van der Waals surface area contributed by atoms with Crippen LogP contribution in [0.3, 0.4) is 0 Å². The number of halogens is 2. The molecule has 0 aliphatic carbocycles. The molecule has 1 atom stereocenters. The Morgan fingerprint density at radius 3 is 2.73 bits per heavy atom. The summed E-state index contributed by atoms with van der Waals surface area (Å²) in [6.45, 7) is 5.76. The van der Waals surface area contributed by atoms with E-state index < -0.39 is 0 Å². The molecule has 0 amide bonds. The smallest absolute Gasteiger partial charge is 0.0435 e. The molecule has 15 heavy (non-hydrogen) atoms. The lowest BCUT2D eigenvalue weighted by Crippen LogP contribution is -2.05. The van der Waals surface area contributed by atoms with Crippen LogP contribution in [0.2, 0.25) is 5.02 Å². The van der Waals surface area contributed by atoms with E-state index in [-0.39, 0.29) is 0 Å². The lowest BCUT2D eigenvalue weighted by molar-refractivity contribution is 0.597. The fourth-order valence-corrected chi connectivity index (χ4v) is 1.96. The molecule has 82 valence electrons. The minimum atomic E-state index is 0.477. The van der Waals surface area contributed by atoms with Crippen molar-refractivity contribution in [1.29, 1.82) is 0 Å². The van der Waals surface area contributed by atoms with Gasteiger partial charge in [-0.2, -0.15) is 0 Å². The van der Waals surface area contributed by atoms with Gasteiger partial charge in [-0.3, -0.25) is 0 Å². The van der Waals surface area contributed by atoms with Crippen LogP contribution in [0.25, 0.3) is 0 Å². The molecule has 0 saturated heterocycles. The zero-order valence-electron chi connectivity index (χ0n) is 8.97. The molecule has 0 aliphatic heterocycles. The number of hydrogen-bond donors (Lipinski definition) is 0. The van der Waals surface area contributed by atoms with Gasteiger partial charge in [-0.25, -0.2) is 0 Å². The van der Waals surface area contributed by atoms with Gasteiger partial charge in [0.15, 0.2) is 0 Å². The quantitative estimate of drug-likeness (QED) is 0.522. The molecule has 0 saturated carbocycles. The van der Waals surface area contributed by atoms with E-state index in [1.54, 1.807) is 0 Å². The van der Waals surface area contributed by atoms with Crippen LogP contribution in [0.4, 0.5) is 0 Å². The van der Waals surface area contributed by atoms with E-state index >= 15 is 0 Å². The van der Waals surface area contributed by atoms with Crippen LogP contribution in [-0.2, 0) is 6.42 Å². The van der Waals surface area contributed by atoms with E-state index in [1.807, 2.05) is 19.1 Å². The molecule has 0 spiro atoms. The van der Waals surface area contributed by atoms with Crippen LogP contribution >= 0.6 is 23.2 Å². The number of alkyl halides is 1. The summed E-state index contributed by atoms with van der Waals surface area (Å²) >= 11 is 11.9. The Morgan fingerprint density at radius 2 is 2.20 bits per heavy atom. The molecule has 1 aromatic rings. The molecule has 0 N–H and O–H groups in total. The van der Waals surface area contributed by atoms with E-state index in [0.717, 1.165) is 23.4 Å². The van der Waals surface area contributed by atoms with Crippen LogP contribution in [-0.4, -0.2) is 5.88 Å². The second kappa shape index (κ2) is 6.19. The fourth-order valence-electron chi connectivity index (χ4n) is 1.60. The van der Waals surface area contributed by atoms with Crippen LogP contribution in [0.1, 0.15) is 17.5 Å². The highest BCUT2D eigenvalue weighted by atomic mass is 35.5. The molecule has 0 heterocycles. The van der Waals surface area contributed by atoms with Gasteiger partial charge < -0.3 is 0 Å². The predicted octanol–water partition coefficient (Wildman–Crippen LogP) is 4.62. The Labute approximate surface area is 102 Å². The highest BCUT2D eigenvalue weighted by molar-refractivity contribution is 6.31. The molecular formula is C13H16Cl2. The Balaban J connectivity index is 2.70. The molecule has 0 bridgehead atoms. The number of rotatable bonds is 5. The molecule has 1 unspecified atom stereocenters. The molecule has 2 heteroatoms. The summed E-state index contributed by atoms with van der Waals surface area (Å²) in [4.78, 5) is 0. The summed E-state index contributed by atoms with van der Waals surface area (Å²) < 4.78 is 0. The fraction of sp³-hybridized carbons (Fsp3) is 0.385. The van der Waals surface area contributed by atoms with E-state index in [2.05, 4.69) is 18.7 Å². The van der Waals surface area contributed by atoms with Crippen molar-refractivity contribution in [1.82, 2.24) is 0 Å². The molecule has 0 nitrogen and oxygen atoms in total. The summed E-state index contributed by atoms with van der Waals surface area (Å²) in [6, 6.07) is 6.15. The summed E-state index contributed by atoms with van der Waals surface area (Å²) in [5.74, 6) is 1.15. The van der Waals surface area contributed by atoms with E-state index in [9.17, 15) is 0 Å². The molecule has 0 radical (unpaired) electrons. The molecule has 0 aromatic heterocycles. The summed E-state index contributed by atoms with van der Waals surface area (Å²) in [6.07, 6.45) is 3.88. The standard InChI is InChI=1S/C13H16Cl2/c1-3-4-12(9-14)8-11-5-6-13(15)10(2)7-11/h3,5-7,12H,1,4,8-9H2,2H3. The Kier molecular flexibility index (Phi) is 5.21. The maximum Gasteiger partial charge on any atom is 0.0435 e. The van der Waals surface area contributed by atoms with Gasteiger partial charge in [-0.15, -0.1) is 18.2 Å². The van der Waals surface area contributed by atoms with Gasteiger partial charge in [0.05, 0.1) is 0 Å².